The fraction of sp³-hybridized carbons (Fsp3) is 0.526. The summed E-state index contributed by atoms with van der Waals surface area (Å²) in [7, 11) is 3.84. The standard InChI is InChI=1S/C19H28N4O3/c1-19(2,3)26-18(24)23-12-10-22(11-13-23)16-6-7-17(20-25)15(14-16)8-9-21(4)5/h6-9,14H,10-13H2,1-5H3/b9-8+. The number of carbonyl (C=O) groups is 1. The van der Waals surface area contributed by atoms with E-state index >= 15 is 0 Å². The van der Waals surface area contributed by atoms with Gasteiger partial charge < -0.3 is 19.4 Å². The Morgan fingerprint density at radius 3 is 2.38 bits per heavy atom. The lowest BCUT2D eigenvalue weighted by Crippen LogP contribution is -2.50. The van der Waals surface area contributed by atoms with Crippen molar-refractivity contribution in [1.82, 2.24) is 9.80 Å². The Hall–Kier alpha value is -2.57. The molecule has 0 aromatic heterocycles. The zero-order valence-corrected chi connectivity index (χ0v) is 16.2. The van der Waals surface area contributed by atoms with Crippen molar-refractivity contribution >= 4 is 23.5 Å². The van der Waals surface area contributed by atoms with Crippen molar-refractivity contribution in [2.75, 3.05) is 45.2 Å². The zero-order valence-electron chi connectivity index (χ0n) is 16.2. The number of hydrogen-bond acceptors (Lipinski definition) is 6. The summed E-state index contributed by atoms with van der Waals surface area (Å²) in [5.74, 6) is 0. The Morgan fingerprint density at radius 1 is 1.19 bits per heavy atom. The lowest BCUT2D eigenvalue weighted by atomic mass is 10.1. The maximum Gasteiger partial charge on any atom is 0.410 e. The Morgan fingerprint density at radius 2 is 1.85 bits per heavy atom. The highest BCUT2D eigenvalue weighted by Gasteiger charge is 2.26. The van der Waals surface area contributed by atoms with Gasteiger partial charge in [0.15, 0.2) is 0 Å². The van der Waals surface area contributed by atoms with Gasteiger partial charge in [-0.2, -0.15) is 0 Å². The third-order valence-corrected chi connectivity index (χ3v) is 3.96. The summed E-state index contributed by atoms with van der Waals surface area (Å²) in [4.78, 5) is 29.0. The highest BCUT2D eigenvalue weighted by molar-refractivity contribution is 5.70. The lowest BCUT2D eigenvalue weighted by Gasteiger charge is -2.36. The molecule has 0 saturated carbocycles. The summed E-state index contributed by atoms with van der Waals surface area (Å²) in [5.41, 5.74) is 1.72. The van der Waals surface area contributed by atoms with E-state index in [1.807, 2.05) is 64.2 Å². The minimum Gasteiger partial charge on any atom is -0.444 e. The number of ether oxygens (including phenoxy) is 1. The smallest absolute Gasteiger partial charge is 0.410 e. The number of amides is 1. The van der Waals surface area contributed by atoms with Gasteiger partial charge in [-0.05, 0) is 56.4 Å². The number of anilines is 1. The van der Waals surface area contributed by atoms with E-state index in [0.29, 0.717) is 31.9 Å². The van der Waals surface area contributed by atoms with Crippen molar-refractivity contribution in [2.24, 2.45) is 5.18 Å². The van der Waals surface area contributed by atoms with Crippen molar-refractivity contribution in [2.45, 2.75) is 26.4 Å². The first kappa shape index (κ1) is 19.8. The van der Waals surface area contributed by atoms with Gasteiger partial charge in [-0.15, -0.1) is 4.91 Å². The molecule has 0 atom stereocenters. The number of piperazine rings is 1. The Bertz CT molecular complexity index is 672. The third-order valence-electron chi connectivity index (χ3n) is 3.96. The highest BCUT2D eigenvalue weighted by Crippen LogP contribution is 2.27. The van der Waals surface area contributed by atoms with Gasteiger partial charge in [-0.3, -0.25) is 0 Å². The molecular formula is C19H28N4O3. The van der Waals surface area contributed by atoms with Crippen molar-refractivity contribution in [3.8, 4) is 0 Å². The maximum atomic E-state index is 12.2. The summed E-state index contributed by atoms with van der Waals surface area (Å²) in [6.07, 6.45) is 3.48. The molecule has 1 aliphatic rings. The van der Waals surface area contributed by atoms with E-state index in [1.54, 1.807) is 11.0 Å². The molecule has 1 aromatic carbocycles. The summed E-state index contributed by atoms with van der Waals surface area (Å²) in [5, 5.41) is 3.10. The fourth-order valence-corrected chi connectivity index (χ4v) is 2.66. The molecule has 0 unspecified atom stereocenters. The van der Waals surface area contributed by atoms with Gasteiger partial charge in [0.05, 0.1) is 0 Å². The van der Waals surface area contributed by atoms with Crippen molar-refractivity contribution in [3.63, 3.8) is 0 Å². The quantitative estimate of drug-likeness (QED) is 0.767. The largest absolute Gasteiger partial charge is 0.444 e. The molecule has 0 bridgehead atoms. The first-order valence-electron chi connectivity index (χ1n) is 8.74. The predicted octanol–water partition coefficient (Wildman–Crippen LogP) is 3.67. The van der Waals surface area contributed by atoms with Crippen LogP contribution in [0.15, 0.2) is 29.6 Å². The number of benzene rings is 1. The maximum absolute atomic E-state index is 12.2. The van der Waals surface area contributed by atoms with Crippen LogP contribution in [-0.2, 0) is 4.74 Å². The second kappa shape index (κ2) is 8.21. The molecule has 26 heavy (non-hydrogen) atoms. The van der Waals surface area contributed by atoms with E-state index in [1.165, 1.54) is 0 Å². The molecule has 1 aromatic rings. The molecule has 1 aliphatic heterocycles. The fourth-order valence-electron chi connectivity index (χ4n) is 2.66. The predicted molar refractivity (Wildman–Crippen MR) is 105 cm³/mol. The molecular weight excluding hydrogens is 332 g/mol. The van der Waals surface area contributed by atoms with Gasteiger partial charge in [0.2, 0.25) is 0 Å². The molecule has 1 saturated heterocycles. The van der Waals surface area contributed by atoms with Gasteiger partial charge in [-0.1, -0.05) is 0 Å². The van der Waals surface area contributed by atoms with Gasteiger partial charge in [0, 0.05) is 51.5 Å². The molecule has 0 aliphatic carbocycles. The number of nitrogens with zero attached hydrogens (tertiary/aromatic N) is 4. The van der Waals surface area contributed by atoms with E-state index in [9.17, 15) is 9.70 Å². The van der Waals surface area contributed by atoms with Crippen LogP contribution in [-0.4, -0.2) is 61.8 Å². The van der Waals surface area contributed by atoms with Crippen LogP contribution in [0.3, 0.4) is 0 Å². The number of nitroso groups, excluding NO2 is 1. The van der Waals surface area contributed by atoms with Crippen molar-refractivity contribution in [1.29, 1.82) is 0 Å². The van der Waals surface area contributed by atoms with Crippen molar-refractivity contribution in [3.05, 3.63) is 34.9 Å². The van der Waals surface area contributed by atoms with Crippen molar-refractivity contribution < 1.29 is 9.53 Å². The van der Waals surface area contributed by atoms with Crippen LogP contribution in [0.4, 0.5) is 16.2 Å². The molecule has 142 valence electrons. The first-order valence-corrected chi connectivity index (χ1v) is 8.74. The second-order valence-corrected chi connectivity index (χ2v) is 7.57. The van der Waals surface area contributed by atoms with Crippen LogP contribution in [0.2, 0.25) is 0 Å². The summed E-state index contributed by atoms with van der Waals surface area (Å²) >= 11 is 0. The minimum absolute atomic E-state index is 0.271. The monoisotopic (exact) mass is 360 g/mol. The van der Waals surface area contributed by atoms with E-state index in [0.717, 1.165) is 11.3 Å². The molecule has 7 heteroatoms. The molecule has 1 fully saturated rings. The summed E-state index contributed by atoms with van der Waals surface area (Å²) in [6.45, 7) is 8.23. The molecule has 0 N–H and O–H groups in total. The Labute approximate surface area is 155 Å². The molecule has 1 amide bonds. The molecule has 1 heterocycles. The van der Waals surface area contributed by atoms with Gasteiger partial charge >= 0.3 is 6.09 Å². The molecule has 0 radical (unpaired) electrons. The normalized spacial score (nSPS) is 15.3. The van der Waals surface area contributed by atoms with Crippen LogP contribution in [0, 0.1) is 4.91 Å². The van der Waals surface area contributed by atoms with E-state index in [2.05, 4.69) is 10.1 Å². The third kappa shape index (κ3) is 5.47. The van der Waals surface area contributed by atoms with Gasteiger partial charge in [0.1, 0.15) is 11.3 Å². The van der Waals surface area contributed by atoms with E-state index in [-0.39, 0.29) is 6.09 Å². The average molecular weight is 360 g/mol. The number of hydrogen-bond donors (Lipinski definition) is 0. The topological polar surface area (TPSA) is 65.4 Å². The van der Waals surface area contributed by atoms with Crippen LogP contribution in [0.25, 0.3) is 6.08 Å². The van der Waals surface area contributed by atoms with Crippen LogP contribution >= 0.6 is 0 Å². The zero-order chi connectivity index (χ0) is 19.3. The molecule has 0 spiro atoms. The van der Waals surface area contributed by atoms with E-state index in [4.69, 9.17) is 4.74 Å². The van der Waals surface area contributed by atoms with Crippen LogP contribution < -0.4 is 4.90 Å². The summed E-state index contributed by atoms with van der Waals surface area (Å²) < 4.78 is 5.43. The van der Waals surface area contributed by atoms with Gasteiger partial charge in [-0.25, -0.2) is 4.79 Å². The van der Waals surface area contributed by atoms with Crippen LogP contribution in [0.1, 0.15) is 26.3 Å². The SMILES string of the molecule is CN(C)/C=C/c1cc(N2CCN(C(=O)OC(C)(C)C)CC2)ccc1N=O. The Balaban J connectivity index is 2.06. The highest BCUT2D eigenvalue weighted by atomic mass is 16.6. The van der Waals surface area contributed by atoms with E-state index < -0.39 is 5.60 Å². The minimum atomic E-state index is -0.487. The number of carbonyl (C=O) groups excluding carboxylic acids is 1. The molecule has 7 nitrogen and oxygen atoms in total. The lowest BCUT2D eigenvalue weighted by molar-refractivity contribution is 0.0240. The van der Waals surface area contributed by atoms with Crippen LogP contribution in [0.5, 0.6) is 0 Å². The molecule has 2 rings (SSSR count). The van der Waals surface area contributed by atoms with Gasteiger partial charge in [0.25, 0.3) is 0 Å². The first-order chi connectivity index (χ1) is 12.2. The Kier molecular flexibility index (Phi) is 6.23. The average Bonchev–Trinajstić information content (AvgIpc) is 2.58. The number of rotatable bonds is 4. The summed E-state index contributed by atoms with van der Waals surface area (Å²) in [6, 6.07) is 5.59. The second-order valence-electron chi connectivity index (χ2n) is 7.57.